The van der Waals surface area contributed by atoms with E-state index >= 15 is 0 Å². The van der Waals surface area contributed by atoms with E-state index in [1.807, 2.05) is 30.3 Å². The molecule has 0 radical (unpaired) electrons. The zero-order valence-electron chi connectivity index (χ0n) is 28.2. The Hall–Kier alpha value is -7.04. The van der Waals surface area contributed by atoms with E-state index in [9.17, 15) is 0 Å². The number of furan rings is 2. The van der Waals surface area contributed by atoms with Gasteiger partial charge in [0.15, 0.2) is 11.2 Å². The van der Waals surface area contributed by atoms with E-state index in [2.05, 4.69) is 168 Å². The summed E-state index contributed by atoms with van der Waals surface area (Å²) in [5, 5.41) is 8.12. The second-order valence-electron chi connectivity index (χ2n) is 13.0. The van der Waals surface area contributed by atoms with Gasteiger partial charge in [-0.05, 0) is 76.9 Å². The first-order valence-electron chi connectivity index (χ1n) is 17.5. The highest BCUT2D eigenvalue weighted by Gasteiger charge is 2.21. The Morgan fingerprint density at radius 2 is 0.904 bits per heavy atom. The molecule has 0 bridgehead atoms. The number of nitrogens with one attached hydrogen (secondary N) is 1. The highest BCUT2D eigenvalue weighted by atomic mass is 16.3. The van der Waals surface area contributed by atoms with Crippen molar-refractivity contribution in [2.75, 3.05) is 10.2 Å². The first-order valence-corrected chi connectivity index (χ1v) is 17.5. The fraction of sp³-hybridized carbons (Fsp3) is 0. The molecule has 0 spiro atoms. The molecule has 0 aliphatic carbocycles. The number of nitrogens with zero attached hydrogens (tertiary/aromatic N) is 1. The third-order valence-corrected chi connectivity index (χ3v) is 9.82. The lowest BCUT2D eigenvalue weighted by molar-refractivity contribution is 0.669. The molecular weight excluding hydrogens is 637 g/mol. The number of rotatable bonds is 7. The predicted molar refractivity (Wildman–Crippen MR) is 216 cm³/mol. The maximum Gasteiger partial charge on any atom is 0.159 e. The largest absolute Gasteiger partial charge is 0.454 e. The van der Waals surface area contributed by atoms with Crippen LogP contribution in [0.3, 0.4) is 0 Å². The number of anilines is 5. The zero-order chi connectivity index (χ0) is 34.4. The number of hydrogen-bond acceptors (Lipinski definition) is 4. The van der Waals surface area contributed by atoms with Gasteiger partial charge in [-0.15, -0.1) is 0 Å². The molecule has 2 heterocycles. The van der Waals surface area contributed by atoms with Crippen LogP contribution in [0.4, 0.5) is 28.4 Å². The Kier molecular flexibility index (Phi) is 7.10. The fourth-order valence-corrected chi connectivity index (χ4v) is 7.38. The summed E-state index contributed by atoms with van der Waals surface area (Å²) in [6.07, 6.45) is 0. The van der Waals surface area contributed by atoms with Gasteiger partial charge >= 0.3 is 0 Å². The third-order valence-electron chi connectivity index (χ3n) is 9.82. The van der Waals surface area contributed by atoms with Crippen LogP contribution in [0.1, 0.15) is 0 Å². The van der Waals surface area contributed by atoms with Crippen LogP contribution in [-0.2, 0) is 0 Å². The monoisotopic (exact) mass is 668 g/mol. The van der Waals surface area contributed by atoms with Gasteiger partial charge in [0, 0.05) is 38.6 Å². The Morgan fingerprint density at radius 3 is 1.60 bits per heavy atom. The van der Waals surface area contributed by atoms with E-state index in [-0.39, 0.29) is 0 Å². The molecule has 10 aromatic rings. The minimum absolute atomic E-state index is 0.829. The summed E-state index contributed by atoms with van der Waals surface area (Å²) in [4.78, 5) is 2.30. The summed E-state index contributed by atoms with van der Waals surface area (Å²) < 4.78 is 13.1. The lowest BCUT2D eigenvalue weighted by Gasteiger charge is -2.27. The topological polar surface area (TPSA) is 41.5 Å². The Labute approximate surface area is 300 Å². The summed E-state index contributed by atoms with van der Waals surface area (Å²) in [5.74, 6) is 0. The summed E-state index contributed by atoms with van der Waals surface area (Å²) in [7, 11) is 0. The van der Waals surface area contributed by atoms with E-state index in [4.69, 9.17) is 8.83 Å². The van der Waals surface area contributed by atoms with Crippen molar-refractivity contribution in [1.82, 2.24) is 0 Å². The number of benzene rings is 8. The minimum atomic E-state index is 0.829. The van der Waals surface area contributed by atoms with Gasteiger partial charge in [-0.25, -0.2) is 0 Å². The second kappa shape index (κ2) is 12.4. The van der Waals surface area contributed by atoms with Crippen molar-refractivity contribution in [3.63, 3.8) is 0 Å². The van der Waals surface area contributed by atoms with Crippen molar-refractivity contribution >= 4 is 72.3 Å². The van der Waals surface area contributed by atoms with Crippen molar-refractivity contribution in [2.24, 2.45) is 0 Å². The van der Waals surface area contributed by atoms with Crippen molar-refractivity contribution in [3.05, 3.63) is 188 Å². The van der Waals surface area contributed by atoms with Gasteiger partial charge in [0.1, 0.15) is 11.2 Å². The van der Waals surface area contributed by atoms with Crippen LogP contribution in [0.2, 0.25) is 0 Å². The fourth-order valence-electron chi connectivity index (χ4n) is 7.38. The first kappa shape index (κ1) is 29.8. The highest BCUT2D eigenvalue weighted by molar-refractivity contribution is 6.11. The Balaban J connectivity index is 1.19. The Bertz CT molecular complexity index is 2870. The van der Waals surface area contributed by atoms with Gasteiger partial charge in [-0.2, -0.15) is 0 Å². The zero-order valence-corrected chi connectivity index (χ0v) is 28.2. The van der Waals surface area contributed by atoms with Gasteiger partial charge < -0.3 is 19.1 Å². The van der Waals surface area contributed by atoms with Gasteiger partial charge in [0.05, 0.1) is 11.4 Å². The molecule has 0 atom stereocenters. The molecule has 10 rings (SSSR count). The third kappa shape index (κ3) is 5.17. The van der Waals surface area contributed by atoms with Gasteiger partial charge in [0.2, 0.25) is 0 Å². The van der Waals surface area contributed by atoms with Crippen LogP contribution in [0.25, 0.3) is 66.1 Å². The minimum Gasteiger partial charge on any atom is -0.454 e. The van der Waals surface area contributed by atoms with Crippen LogP contribution in [-0.4, -0.2) is 0 Å². The summed E-state index contributed by atoms with van der Waals surface area (Å²) in [5.41, 5.74) is 12.7. The summed E-state index contributed by atoms with van der Waals surface area (Å²) in [6.45, 7) is 0. The van der Waals surface area contributed by atoms with E-state index in [1.165, 1.54) is 5.56 Å². The highest BCUT2D eigenvalue weighted by Crippen LogP contribution is 2.45. The quantitative estimate of drug-likeness (QED) is 0.184. The maximum atomic E-state index is 6.65. The summed E-state index contributed by atoms with van der Waals surface area (Å²) >= 11 is 0. The molecule has 0 amide bonds. The molecule has 0 saturated heterocycles. The number of para-hydroxylation sites is 4. The van der Waals surface area contributed by atoms with Crippen molar-refractivity contribution in [3.8, 4) is 22.3 Å². The summed E-state index contributed by atoms with van der Waals surface area (Å²) in [6, 6.07) is 65.6. The Morgan fingerprint density at radius 1 is 0.365 bits per heavy atom. The van der Waals surface area contributed by atoms with Crippen LogP contribution in [0.5, 0.6) is 0 Å². The lowest BCUT2D eigenvalue weighted by atomic mass is 10.0. The predicted octanol–water partition coefficient (Wildman–Crippen LogP) is 14.0. The molecule has 2 aromatic heterocycles. The van der Waals surface area contributed by atoms with Crippen LogP contribution in [0, 0.1) is 0 Å². The van der Waals surface area contributed by atoms with Crippen LogP contribution >= 0.6 is 0 Å². The molecule has 0 saturated carbocycles. The van der Waals surface area contributed by atoms with E-state index in [0.717, 1.165) is 89.0 Å². The molecular formula is C48H32N2O2. The molecule has 1 N–H and O–H groups in total. The van der Waals surface area contributed by atoms with E-state index < -0.39 is 0 Å². The SMILES string of the molecule is c1ccc(-c2ccc(N(c3cc(Nc4cccc5c4oc4ccccc45)cc(-c4ccccc4)c3)c3cccc4c3oc3ccccc34)cc2)cc1. The molecule has 8 aromatic carbocycles. The average molecular weight is 669 g/mol. The molecule has 0 aliphatic heterocycles. The van der Waals surface area contributed by atoms with Gasteiger partial charge in [0.25, 0.3) is 0 Å². The van der Waals surface area contributed by atoms with E-state index in [0.29, 0.717) is 0 Å². The second-order valence-corrected chi connectivity index (χ2v) is 13.0. The molecule has 4 heteroatoms. The van der Waals surface area contributed by atoms with Gasteiger partial charge in [-0.1, -0.05) is 133 Å². The normalized spacial score (nSPS) is 11.5. The van der Waals surface area contributed by atoms with Crippen LogP contribution < -0.4 is 10.2 Å². The first-order chi connectivity index (χ1) is 25.8. The molecule has 0 fully saturated rings. The molecule has 0 aliphatic rings. The van der Waals surface area contributed by atoms with Crippen molar-refractivity contribution < 1.29 is 8.83 Å². The number of hydrogen-bond donors (Lipinski definition) is 1. The van der Waals surface area contributed by atoms with Crippen LogP contribution in [0.15, 0.2) is 197 Å². The molecule has 4 nitrogen and oxygen atoms in total. The molecule has 52 heavy (non-hydrogen) atoms. The maximum absolute atomic E-state index is 6.65. The van der Waals surface area contributed by atoms with E-state index in [1.54, 1.807) is 0 Å². The standard InChI is InChI=1S/C48H32N2O2/c1-3-13-32(14-4-1)34-25-27-37(28-26-34)50(44-22-12-20-42-40-18-8-10-24-46(40)52-48(42)44)38-30-35(33-15-5-2-6-16-33)29-36(31-38)49-43-21-11-19-41-39-17-7-9-23-45(39)51-47(41)43/h1-31,49H. The molecule has 0 unspecified atom stereocenters. The smallest absolute Gasteiger partial charge is 0.159 e. The average Bonchev–Trinajstić information content (AvgIpc) is 3.79. The van der Waals surface area contributed by atoms with Crippen molar-refractivity contribution in [1.29, 1.82) is 0 Å². The number of fused-ring (bicyclic) bond motifs is 6. The van der Waals surface area contributed by atoms with Gasteiger partial charge in [-0.3, -0.25) is 0 Å². The van der Waals surface area contributed by atoms with Crippen molar-refractivity contribution in [2.45, 2.75) is 0 Å². The molecule has 246 valence electrons. The lowest BCUT2D eigenvalue weighted by Crippen LogP contribution is -2.11.